The molecule has 0 unspecified atom stereocenters. The number of amides is 1. The Morgan fingerprint density at radius 2 is 1.73 bits per heavy atom. The van der Waals surface area contributed by atoms with Crippen LogP contribution in [0.15, 0.2) is 77.2 Å². The van der Waals surface area contributed by atoms with Crippen molar-refractivity contribution in [2.24, 2.45) is 0 Å². The molecule has 0 spiro atoms. The van der Waals surface area contributed by atoms with E-state index in [1.807, 2.05) is 37.3 Å². The van der Waals surface area contributed by atoms with Gasteiger partial charge < -0.3 is 15.1 Å². The maximum Gasteiger partial charge on any atom is 0.293 e. The molecule has 3 aromatic carbocycles. The second-order valence-corrected chi connectivity index (χ2v) is 7.35. The first kappa shape index (κ1) is 19.7. The van der Waals surface area contributed by atoms with E-state index in [1.54, 1.807) is 42.5 Å². The Hall–Kier alpha value is -3.57. The highest BCUT2D eigenvalue weighted by Gasteiger charge is 2.21. The standard InChI is InChI=1S/C24H19ClN2O3/c1-15-9-11-16(12-10-15)20(28)14-26-22-19-7-2-3-8-21(19)30-23(22)24(29)27-18-6-4-5-17(25)13-18/h2-13,26H,14H2,1H3,(H,27,29). The van der Waals surface area contributed by atoms with Gasteiger partial charge in [0, 0.05) is 21.7 Å². The number of benzene rings is 3. The number of Topliss-reactive ketones (excluding diaryl/α,β-unsaturated/α-hetero) is 1. The Balaban J connectivity index is 1.60. The normalized spacial score (nSPS) is 10.7. The highest BCUT2D eigenvalue weighted by Crippen LogP contribution is 2.31. The largest absolute Gasteiger partial charge is 0.449 e. The number of nitrogens with one attached hydrogen (secondary N) is 2. The molecule has 4 rings (SSSR count). The lowest BCUT2D eigenvalue weighted by Crippen LogP contribution is -2.17. The SMILES string of the molecule is Cc1ccc(C(=O)CNc2c(C(=O)Nc3cccc(Cl)c3)oc3ccccc23)cc1. The zero-order valence-electron chi connectivity index (χ0n) is 16.2. The second-order valence-electron chi connectivity index (χ2n) is 6.91. The van der Waals surface area contributed by atoms with Crippen LogP contribution in [0.4, 0.5) is 11.4 Å². The minimum Gasteiger partial charge on any atom is -0.449 e. The van der Waals surface area contributed by atoms with Crippen LogP contribution in [-0.2, 0) is 0 Å². The number of ketones is 1. The Morgan fingerprint density at radius 1 is 0.967 bits per heavy atom. The van der Waals surface area contributed by atoms with Gasteiger partial charge in [0.2, 0.25) is 5.76 Å². The molecule has 2 N–H and O–H groups in total. The van der Waals surface area contributed by atoms with Gasteiger partial charge in [0.05, 0.1) is 12.2 Å². The topological polar surface area (TPSA) is 71.3 Å². The lowest BCUT2D eigenvalue weighted by molar-refractivity contribution is 0.0991. The second kappa shape index (κ2) is 8.43. The molecular weight excluding hydrogens is 400 g/mol. The van der Waals surface area contributed by atoms with E-state index in [-0.39, 0.29) is 18.1 Å². The van der Waals surface area contributed by atoms with Crippen LogP contribution in [0.3, 0.4) is 0 Å². The summed E-state index contributed by atoms with van der Waals surface area (Å²) in [6.07, 6.45) is 0. The number of rotatable bonds is 6. The van der Waals surface area contributed by atoms with E-state index in [4.69, 9.17) is 16.0 Å². The lowest BCUT2D eigenvalue weighted by atomic mass is 10.1. The van der Waals surface area contributed by atoms with Gasteiger partial charge in [-0.15, -0.1) is 0 Å². The first-order valence-corrected chi connectivity index (χ1v) is 9.81. The molecule has 0 saturated heterocycles. The zero-order valence-corrected chi connectivity index (χ0v) is 17.0. The van der Waals surface area contributed by atoms with Crippen LogP contribution in [0.1, 0.15) is 26.5 Å². The number of carbonyl (C=O) groups is 2. The molecule has 0 aliphatic heterocycles. The summed E-state index contributed by atoms with van der Waals surface area (Å²) in [5.74, 6) is -0.409. The van der Waals surface area contributed by atoms with E-state index < -0.39 is 5.91 Å². The van der Waals surface area contributed by atoms with Crippen molar-refractivity contribution in [1.82, 2.24) is 0 Å². The number of halogens is 1. The lowest BCUT2D eigenvalue weighted by Gasteiger charge is -2.08. The molecule has 6 heteroatoms. The number of aryl methyl sites for hydroxylation is 1. The molecule has 5 nitrogen and oxygen atoms in total. The van der Waals surface area contributed by atoms with Crippen LogP contribution in [0.2, 0.25) is 5.02 Å². The fourth-order valence-corrected chi connectivity index (χ4v) is 3.34. The van der Waals surface area contributed by atoms with E-state index in [1.165, 1.54) is 0 Å². The van der Waals surface area contributed by atoms with Crippen molar-refractivity contribution >= 4 is 45.6 Å². The Morgan fingerprint density at radius 3 is 2.50 bits per heavy atom. The van der Waals surface area contributed by atoms with Crippen LogP contribution < -0.4 is 10.6 Å². The molecule has 0 bridgehead atoms. The molecule has 4 aromatic rings. The van der Waals surface area contributed by atoms with E-state index in [9.17, 15) is 9.59 Å². The first-order chi connectivity index (χ1) is 14.5. The molecule has 30 heavy (non-hydrogen) atoms. The fourth-order valence-electron chi connectivity index (χ4n) is 3.15. The Labute approximate surface area is 178 Å². The van der Waals surface area contributed by atoms with E-state index >= 15 is 0 Å². The van der Waals surface area contributed by atoms with Gasteiger partial charge in [-0.2, -0.15) is 0 Å². The third kappa shape index (κ3) is 4.21. The number of furan rings is 1. The minimum absolute atomic E-state index is 0.0318. The summed E-state index contributed by atoms with van der Waals surface area (Å²) >= 11 is 6.00. The predicted octanol–water partition coefficient (Wildman–Crippen LogP) is 5.94. The predicted molar refractivity (Wildman–Crippen MR) is 120 cm³/mol. The molecule has 0 radical (unpaired) electrons. The van der Waals surface area contributed by atoms with Crippen LogP contribution in [0.5, 0.6) is 0 Å². The molecule has 0 aliphatic carbocycles. The monoisotopic (exact) mass is 418 g/mol. The number of para-hydroxylation sites is 1. The van der Waals surface area contributed by atoms with Crippen LogP contribution in [0.25, 0.3) is 11.0 Å². The maximum absolute atomic E-state index is 12.9. The van der Waals surface area contributed by atoms with Crippen molar-refractivity contribution in [2.75, 3.05) is 17.2 Å². The molecule has 1 aromatic heterocycles. The summed E-state index contributed by atoms with van der Waals surface area (Å²) in [6, 6.07) is 21.5. The van der Waals surface area contributed by atoms with E-state index in [0.29, 0.717) is 27.5 Å². The quantitative estimate of drug-likeness (QED) is 0.380. The van der Waals surface area contributed by atoms with Crippen LogP contribution in [0, 0.1) is 6.92 Å². The molecule has 1 heterocycles. The molecule has 0 fully saturated rings. The summed E-state index contributed by atoms with van der Waals surface area (Å²) in [4.78, 5) is 25.5. The first-order valence-electron chi connectivity index (χ1n) is 9.43. The smallest absolute Gasteiger partial charge is 0.293 e. The molecular formula is C24H19ClN2O3. The van der Waals surface area contributed by atoms with Crippen LogP contribution in [-0.4, -0.2) is 18.2 Å². The van der Waals surface area contributed by atoms with Crippen molar-refractivity contribution in [3.63, 3.8) is 0 Å². The van der Waals surface area contributed by atoms with Crippen molar-refractivity contribution in [1.29, 1.82) is 0 Å². The third-order valence-corrected chi connectivity index (χ3v) is 4.92. The summed E-state index contributed by atoms with van der Waals surface area (Å²) < 4.78 is 5.80. The van der Waals surface area contributed by atoms with Gasteiger partial charge >= 0.3 is 0 Å². The average Bonchev–Trinajstić information content (AvgIpc) is 3.11. The number of anilines is 2. The van der Waals surface area contributed by atoms with E-state index in [2.05, 4.69) is 10.6 Å². The van der Waals surface area contributed by atoms with Crippen molar-refractivity contribution in [2.45, 2.75) is 6.92 Å². The number of hydrogen-bond donors (Lipinski definition) is 2. The van der Waals surface area contributed by atoms with Crippen molar-refractivity contribution in [3.8, 4) is 0 Å². The van der Waals surface area contributed by atoms with Gasteiger partial charge in [-0.3, -0.25) is 9.59 Å². The molecule has 0 atom stereocenters. The highest BCUT2D eigenvalue weighted by molar-refractivity contribution is 6.31. The van der Waals surface area contributed by atoms with Crippen LogP contribution >= 0.6 is 11.6 Å². The van der Waals surface area contributed by atoms with Gasteiger partial charge in [-0.05, 0) is 37.3 Å². The zero-order chi connectivity index (χ0) is 21.1. The van der Waals surface area contributed by atoms with Gasteiger partial charge in [-0.25, -0.2) is 0 Å². The summed E-state index contributed by atoms with van der Waals surface area (Å²) in [5, 5.41) is 7.12. The number of hydrogen-bond acceptors (Lipinski definition) is 4. The van der Waals surface area contributed by atoms with E-state index in [0.717, 1.165) is 10.9 Å². The van der Waals surface area contributed by atoms with Crippen molar-refractivity contribution in [3.05, 3.63) is 94.7 Å². The van der Waals surface area contributed by atoms with Gasteiger partial charge in [-0.1, -0.05) is 59.6 Å². The third-order valence-electron chi connectivity index (χ3n) is 4.68. The minimum atomic E-state index is -0.432. The number of fused-ring (bicyclic) bond motifs is 1. The Bertz CT molecular complexity index is 1230. The fraction of sp³-hybridized carbons (Fsp3) is 0.0833. The summed E-state index contributed by atoms with van der Waals surface area (Å²) in [6.45, 7) is 2.00. The van der Waals surface area contributed by atoms with Crippen molar-refractivity contribution < 1.29 is 14.0 Å². The number of carbonyl (C=O) groups excluding carboxylic acids is 2. The molecule has 0 saturated carbocycles. The average molecular weight is 419 g/mol. The van der Waals surface area contributed by atoms with Gasteiger partial charge in [0.25, 0.3) is 5.91 Å². The highest BCUT2D eigenvalue weighted by atomic mass is 35.5. The summed E-state index contributed by atoms with van der Waals surface area (Å²) in [5.41, 5.74) is 3.27. The van der Waals surface area contributed by atoms with Gasteiger partial charge in [0.1, 0.15) is 5.58 Å². The molecule has 1 amide bonds. The van der Waals surface area contributed by atoms with Gasteiger partial charge in [0.15, 0.2) is 5.78 Å². The summed E-state index contributed by atoms with van der Waals surface area (Å²) in [7, 11) is 0. The molecule has 0 aliphatic rings. The molecule has 150 valence electrons. The Kier molecular flexibility index (Phi) is 5.55. The maximum atomic E-state index is 12.9.